The number of rotatable bonds is 8. The third-order valence-electron chi connectivity index (χ3n) is 3.67. The Morgan fingerprint density at radius 3 is 2.52 bits per heavy atom. The first-order valence-electron chi connectivity index (χ1n) is 8.04. The standard InChI is InChI=1S/C16H22N4O3S2/c1-4-6-12-7-9-13(10-8-12)25(22,23)19-16-17-14(18-24-16)11-15(21)20(3)5-2/h7-10H,4-6,11H2,1-3H3,(H,17,18,19). The van der Waals surface area contributed by atoms with Gasteiger partial charge in [-0.25, -0.2) is 13.4 Å². The second-order valence-corrected chi connectivity index (χ2v) is 8.03. The van der Waals surface area contributed by atoms with E-state index in [-0.39, 0.29) is 22.4 Å². The Bertz CT molecular complexity index is 816. The molecule has 136 valence electrons. The molecular formula is C16H22N4O3S2. The summed E-state index contributed by atoms with van der Waals surface area (Å²) < 4.78 is 31.3. The monoisotopic (exact) mass is 382 g/mol. The molecule has 0 aliphatic carbocycles. The molecule has 0 unspecified atom stereocenters. The van der Waals surface area contributed by atoms with E-state index in [2.05, 4.69) is 21.0 Å². The van der Waals surface area contributed by atoms with Crippen molar-refractivity contribution in [3.05, 3.63) is 35.7 Å². The fourth-order valence-corrected chi connectivity index (χ4v) is 3.92. The summed E-state index contributed by atoms with van der Waals surface area (Å²) in [5, 5.41) is 0.152. The maximum absolute atomic E-state index is 12.4. The highest BCUT2D eigenvalue weighted by atomic mass is 32.2. The lowest BCUT2D eigenvalue weighted by Crippen LogP contribution is -2.28. The van der Waals surface area contributed by atoms with Gasteiger partial charge >= 0.3 is 0 Å². The number of hydrogen-bond acceptors (Lipinski definition) is 6. The van der Waals surface area contributed by atoms with Gasteiger partial charge in [-0.1, -0.05) is 25.5 Å². The van der Waals surface area contributed by atoms with Gasteiger partial charge in [-0.15, -0.1) is 0 Å². The van der Waals surface area contributed by atoms with E-state index in [4.69, 9.17) is 0 Å². The molecule has 0 aliphatic heterocycles. The number of nitrogens with zero attached hydrogens (tertiary/aromatic N) is 3. The Kier molecular flexibility index (Phi) is 6.49. The van der Waals surface area contributed by atoms with Crippen LogP contribution in [-0.2, 0) is 27.7 Å². The predicted octanol–water partition coefficient (Wildman–Crippen LogP) is 2.31. The van der Waals surface area contributed by atoms with E-state index in [1.165, 1.54) is 0 Å². The van der Waals surface area contributed by atoms with Crippen LogP contribution in [0.5, 0.6) is 0 Å². The van der Waals surface area contributed by atoms with Gasteiger partial charge in [0.05, 0.1) is 11.3 Å². The molecule has 1 heterocycles. The molecule has 1 N–H and O–H groups in total. The van der Waals surface area contributed by atoms with Crippen molar-refractivity contribution in [2.45, 2.75) is 38.0 Å². The molecule has 2 rings (SSSR count). The number of sulfonamides is 1. The lowest BCUT2D eigenvalue weighted by Gasteiger charge is -2.12. The number of likely N-dealkylation sites (N-methyl/N-ethyl adjacent to an activating group) is 1. The Labute approximate surface area is 152 Å². The van der Waals surface area contributed by atoms with Crippen LogP contribution < -0.4 is 4.72 Å². The maximum Gasteiger partial charge on any atom is 0.263 e. The normalized spacial score (nSPS) is 11.3. The number of aromatic nitrogens is 2. The third kappa shape index (κ3) is 5.23. The molecule has 0 aliphatic rings. The lowest BCUT2D eigenvalue weighted by molar-refractivity contribution is -0.129. The second kappa shape index (κ2) is 8.39. The van der Waals surface area contributed by atoms with E-state index < -0.39 is 10.0 Å². The first kappa shape index (κ1) is 19.3. The largest absolute Gasteiger partial charge is 0.346 e. The Balaban J connectivity index is 2.07. The van der Waals surface area contributed by atoms with Gasteiger partial charge in [0.2, 0.25) is 11.0 Å². The SMILES string of the molecule is CCCc1ccc(S(=O)(=O)Nc2nc(CC(=O)N(C)CC)ns2)cc1. The predicted molar refractivity (Wildman–Crippen MR) is 98.2 cm³/mol. The average Bonchev–Trinajstić information content (AvgIpc) is 3.01. The van der Waals surface area contributed by atoms with Gasteiger partial charge in [-0.2, -0.15) is 4.37 Å². The van der Waals surface area contributed by atoms with E-state index in [0.29, 0.717) is 12.4 Å². The van der Waals surface area contributed by atoms with E-state index in [1.807, 2.05) is 19.1 Å². The minimum Gasteiger partial charge on any atom is -0.346 e. The van der Waals surface area contributed by atoms with Crippen LogP contribution in [0.3, 0.4) is 0 Å². The molecule has 0 bridgehead atoms. The van der Waals surface area contributed by atoms with Crippen molar-refractivity contribution in [3.8, 4) is 0 Å². The number of carbonyl (C=O) groups is 1. The molecule has 0 radical (unpaired) electrons. The first-order chi connectivity index (χ1) is 11.9. The number of amides is 1. The summed E-state index contributed by atoms with van der Waals surface area (Å²) in [4.78, 5) is 17.7. The quantitative estimate of drug-likeness (QED) is 0.756. The van der Waals surface area contributed by atoms with E-state index in [9.17, 15) is 13.2 Å². The van der Waals surface area contributed by atoms with Crippen molar-refractivity contribution >= 4 is 32.6 Å². The lowest BCUT2D eigenvalue weighted by atomic mass is 10.1. The molecule has 1 amide bonds. The zero-order chi connectivity index (χ0) is 18.4. The first-order valence-corrected chi connectivity index (χ1v) is 10.3. The second-order valence-electron chi connectivity index (χ2n) is 5.60. The number of hydrogen-bond donors (Lipinski definition) is 1. The maximum atomic E-state index is 12.4. The molecule has 0 fully saturated rings. The molecular weight excluding hydrogens is 360 g/mol. The molecule has 0 spiro atoms. The molecule has 0 saturated carbocycles. The van der Waals surface area contributed by atoms with E-state index in [1.54, 1.807) is 24.1 Å². The molecule has 25 heavy (non-hydrogen) atoms. The highest BCUT2D eigenvalue weighted by Crippen LogP contribution is 2.19. The van der Waals surface area contributed by atoms with Gasteiger partial charge < -0.3 is 4.90 Å². The topological polar surface area (TPSA) is 92.3 Å². The summed E-state index contributed by atoms with van der Waals surface area (Å²) in [7, 11) is -2.02. The number of nitrogens with one attached hydrogen (secondary N) is 1. The Hall–Kier alpha value is -2.00. The zero-order valence-corrected chi connectivity index (χ0v) is 16.2. The highest BCUT2D eigenvalue weighted by Gasteiger charge is 2.18. The summed E-state index contributed by atoms with van der Waals surface area (Å²) in [6, 6.07) is 6.77. The van der Waals surface area contributed by atoms with Crippen LogP contribution >= 0.6 is 11.5 Å². The number of benzene rings is 1. The van der Waals surface area contributed by atoms with Crippen LogP contribution in [0.1, 0.15) is 31.7 Å². The van der Waals surface area contributed by atoms with Crippen molar-refractivity contribution < 1.29 is 13.2 Å². The minimum absolute atomic E-state index is 0.0499. The molecule has 1 aromatic carbocycles. The Morgan fingerprint density at radius 2 is 1.92 bits per heavy atom. The summed E-state index contributed by atoms with van der Waals surface area (Å²) in [6.45, 7) is 4.54. The van der Waals surface area contributed by atoms with E-state index in [0.717, 1.165) is 29.9 Å². The third-order valence-corrected chi connectivity index (χ3v) is 5.82. The summed E-state index contributed by atoms with van der Waals surface area (Å²) in [5.41, 5.74) is 1.10. The van der Waals surface area contributed by atoms with Gasteiger partial charge in [-0.3, -0.25) is 9.52 Å². The van der Waals surface area contributed by atoms with Gasteiger partial charge in [-0.05, 0) is 31.0 Å². The fraction of sp³-hybridized carbons (Fsp3) is 0.438. The summed E-state index contributed by atoms with van der Waals surface area (Å²) in [6.07, 6.45) is 1.96. The van der Waals surface area contributed by atoms with Crippen molar-refractivity contribution in [1.82, 2.24) is 14.3 Å². The highest BCUT2D eigenvalue weighted by molar-refractivity contribution is 7.93. The van der Waals surface area contributed by atoms with Crippen LogP contribution in [0.4, 0.5) is 5.13 Å². The van der Waals surface area contributed by atoms with Crippen LogP contribution in [0.25, 0.3) is 0 Å². The molecule has 7 nitrogen and oxygen atoms in total. The van der Waals surface area contributed by atoms with E-state index >= 15 is 0 Å². The molecule has 0 saturated heterocycles. The van der Waals surface area contributed by atoms with Crippen LogP contribution in [-0.4, -0.2) is 42.2 Å². The average molecular weight is 383 g/mol. The molecule has 9 heteroatoms. The fourth-order valence-electron chi connectivity index (χ4n) is 2.11. The van der Waals surface area contributed by atoms with Crippen LogP contribution in [0.2, 0.25) is 0 Å². The summed E-state index contributed by atoms with van der Waals surface area (Å²) >= 11 is 0.922. The van der Waals surface area contributed by atoms with Crippen molar-refractivity contribution in [1.29, 1.82) is 0 Å². The van der Waals surface area contributed by atoms with Crippen LogP contribution in [0.15, 0.2) is 29.2 Å². The van der Waals surface area contributed by atoms with Crippen molar-refractivity contribution in [3.63, 3.8) is 0 Å². The van der Waals surface area contributed by atoms with Gasteiger partial charge in [0.15, 0.2) is 5.82 Å². The molecule has 1 aromatic heterocycles. The zero-order valence-electron chi connectivity index (χ0n) is 14.5. The van der Waals surface area contributed by atoms with Gasteiger partial charge in [0.1, 0.15) is 0 Å². The van der Waals surface area contributed by atoms with Gasteiger partial charge in [0.25, 0.3) is 10.0 Å². The van der Waals surface area contributed by atoms with Crippen molar-refractivity contribution in [2.24, 2.45) is 0 Å². The van der Waals surface area contributed by atoms with Gasteiger partial charge in [0, 0.05) is 25.1 Å². The minimum atomic E-state index is -3.72. The number of aryl methyl sites for hydroxylation is 1. The molecule has 0 atom stereocenters. The number of anilines is 1. The smallest absolute Gasteiger partial charge is 0.263 e. The summed E-state index contributed by atoms with van der Waals surface area (Å²) in [5.74, 6) is 0.201. The Morgan fingerprint density at radius 1 is 1.24 bits per heavy atom. The molecule has 2 aromatic rings. The van der Waals surface area contributed by atoms with Crippen molar-refractivity contribution in [2.75, 3.05) is 18.3 Å². The number of carbonyl (C=O) groups excluding carboxylic acids is 1. The van der Waals surface area contributed by atoms with Crippen LogP contribution in [0, 0.1) is 0 Å².